The predicted octanol–water partition coefficient (Wildman–Crippen LogP) is 3.84. The fourth-order valence-corrected chi connectivity index (χ4v) is 3.49. The van der Waals surface area contributed by atoms with Gasteiger partial charge in [0.25, 0.3) is 0 Å². The van der Waals surface area contributed by atoms with E-state index in [9.17, 15) is 0 Å². The Hall–Kier alpha value is -0.550. The molecule has 0 amide bonds. The second-order valence-electron chi connectivity index (χ2n) is 3.83. The van der Waals surface area contributed by atoms with Crippen LogP contribution < -0.4 is 5.73 Å². The van der Waals surface area contributed by atoms with E-state index in [2.05, 4.69) is 4.98 Å². The lowest BCUT2D eigenvalue weighted by Crippen LogP contribution is -2.18. The molecule has 1 unspecified atom stereocenters. The molecule has 0 spiro atoms. The molecule has 0 bridgehead atoms. The highest BCUT2D eigenvalue weighted by Gasteiger charge is 2.08. The summed E-state index contributed by atoms with van der Waals surface area (Å²) in [7, 11) is 0. The minimum Gasteiger partial charge on any atom is -0.328 e. The van der Waals surface area contributed by atoms with Crippen molar-refractivity contribution in [3.63, 3.8) is 0 Å². The zero-order valence-corrected chi connectivity index (χ0v) is 11.8. The van der Waals surface area contributed by atoms with Crippen molar-refractivity contribution in [3.8, 4) is 0 Å². The molecule has 1 heterocycles. The molecular formula is C12H13ClN2S2. The summed E-state index contributed by atoms with van der Waals surface area (Å²) >= 11 is 9.31. The minimum absolute atomic E-state index is 0.145. The van der Waals surface area contributed by atoms with Gasteiger partial charge < -0.3 is 5.73 Å². The summed E-state index contributed by atoms with van der Waals surface area (Å²) in [6.07, 6.45) is 2.66. The Morgan fingerprint density at radius 3 is 3.00 bits per heavy atom. The highest BCUT2D eigenvalue weighted by molar-refractivity contribution is 8.01. The number of hydrogen-bond acceptors (Lipinski definition) is 4. The van der Waals surface area contributed by atoms with Crippen LogP contribution in [0, 0.1) is 0 Å². The molecule has 0 fully saturated rings. The zero-order valence-electron chi connectivity index (χ0n) is 9.39. The molecule has 0 aliphatic carbocycles. The van der Waals surface area contributed by atoms with Gasteiger partial charge in [-0.25, -0.2) is 4.98 Å². The number of rotatable bonds is 4. The predicted molar refractivity (Wildman–Crippen MR) is 75.0 cm³/mol. The molecule has 5 heteroatoms. The van der Waals surface area contributed by atoms with E-state index in [1.807, 2.05) is 36.7 Å². The highest BCUT2D eigenvalue weighted by Crippen LogP contribution is 2.33. The van der Waals surface area contributed by atoms with Gasteiger partial charge >= 0.3 is 0 Å². The van der Waals surface area contributed by atoms with E-state index in [4.69, 9.17) is 17.3 Å². The molecular weight excluding hydrogens is 272 g/mol. The average Bonchev–Trinajstić information content (AvgIpc) is 2.74. The molecule has 2 nitrogen and oxygen atoms in total. The molecule has 2 aromatic rings. The van der Waals surface area contributed by atoms with Crippen LogP contribution in [0.1, 0.15) is 12.5 Å². The number of nitrogens with zero attached hydrogens (tertiary/aromatic N) is 1. The number of hydrogen-bond donors (Lipinski definition) is 1. The fraction of sp³-hybridized carbons (Fsp3) is 0.250. The summed E-state index contributed by atoms with van der Waals surface area (Å²) in [6, 6.07) is 6.07. The standard InChI is InChI=1S/C12H13ClN2S2/c1-8(14)6-9-2-3-10(13)7-11(9)17-12-15-4-5-16-12/h2-5,7-8H,6,14H2,1H3. The summed E-state index contributed by atoms with van der Waals surface area (Å²) < 4.78 is 1.03. The molecule has 2 rings (SSSR count). The van der Waals surface area contributed by atoms with Crippen molar-refractivity contribution in [1.82, 2.24) is 4.98 Å². The van der Waals surface area contributed by atoms with Crippen LogP contribution in [0.4, 0.5) is 0 Å². The first-order chi connectivity index (χ1) is 8.15. The Morgan fingerprint density at radius 1 is 1.53 bits per heavy atom. The second-order valence-corrected chi connectivity index (χ2v) is 6.45. The molecule has 0 aliphatic heterocycles. The van der Waals surface area contributed by atoms with E-state index in [0.717, 1.165) is 20.7 Å². The molecule has 0 aliphatic rings. The van der Waals surface area contributed by atoms with Gasteiger partial charge in [0.05, 0.1) is 0 Å². The third kappa shape index (κ3) is 3.71. The number of aromatic nitrogens is 1. The summed E-state index contributed by atoms with van der Waals surface area (Å²) in [5.74, 6) is 0. The number of thiazole rings is 1. The minimum atomic E-state index is 0.145. The molecule has 0 saturated carbocycles. The maximum atomic E-state index is 6.03. The van der Waals surface area contributed by atoms with E-state index in [1.165, 1.54) is 5.56 Å². The van der Waals surface area contributed by atoms with Crippen LogP contribution in [0.2, 0.25) is 5.02 Å². The number of nitrogens with two attached hydrogens (primary N) is 1. The highest BCUT2D eigenvalue weighted by atomic mass is 35.5. The van der Waals surface area contributed by atoms with Crippen LogP contribution in [0.25, 0.3) is 0 Å². The quantitative estimate of drug-likeness (QED) is 0.927. The number of halogens is 1. The first kappa shape index (κ1) is 12.9. The molecule has 0 radical (unpaired) electrons. The van der Waals surface area contributed by atoms with E-state index in [0.29, 0.717) is 0 Å². The van der Waals surface area contributed by atoms with Crippen LogP contribution in [-0.2, 0) is 6.42 Å². The molecule has 0 saturated heterocycles. The first-order valence-electron chi connectivity index (χ1n) is 5.26. The molecule has 2 N–H and O–H groups in total. The van der Waals surface area contributed by atoms with Gasteiger partial charge in [0, 0.05) is 27.5 Å². The lowest BCUT2D eigenvalue weighted by Gasteiger charge is -2.10. The van der Waals surface area contributed by atoms with Crippen LogP contribution in [0.3, 0.4) is 0 Å². The Labute approximate surface area is 114 Å². The Morgan fingerprint density at radius 2 is 2.35 bits per heavy atom. The number of benzene rings is 1. The molecule has 1 atom stereocenters. The lowest BCUT2D eigenvalue weighted by atomic mass is 10.1. The van der Waals surface area contributed by atoms with Gasteiger partial charge in [-0.05, 0) is 31.0 Å². The van der Waals surface area contributed by atoms with Gasteiger partial charge in [-0.15, -0.1) is 11.3 Å². The van der Waals surface area contributed by atoms with Crippen LogP contribution in [-0.4, -0.2) is 11.0 Å². The summed E-state index contributed by atoms with van der Waals surface area (Å²) in [5.41, 5.74) is 7.08. The normalized spacial score (nSPS) is 12.6. The molecule has 90 valence electrons. The van der Waals surface area contributed by atoms with Crippen molar-refractivity contribution in [2.75, 3.05) is 0 Å². The van der Waals surface area contributed by atoms with E-state index >= 15 is 0 Å². The Kier molecular flexibility index (Phi) is 4.45. The maximum Gasteiger partial charge on any atom is 0.154 e. The van der Waals surface area contributed by atoms with Crippen molar-refractivity contribution in [1.29, 1.82) is 0 Å². The summed E-state index contributed by atoms with van der Waals surface area (Å²) in [4.78, 5) is 5.41. The average molecular weight is 285 g/mol. The topological polar surface area (TPSA) is 38.9 Å². The molecule has 1 aromatic carbocycles. The third-order valence-electron chi connectivity index (χ3n) is 2.18. The van der Waals surface area contributed by atoms with Crippen molar-refractivity contribution < 1.29 is 0 Å². The third-order valence-corrected chi connectivity index (χ3v) is 4.40. The van der Waals surface area contributed by atoms with Gasteiger partial charge in [-0.1, -0.05) is 29.4 Å². The monoisotopic (exact) mass is 284 g/mol. The smallest absolute Gasteiger partial charge is 0.154 e. The second kappa shape index (κ2) is 5.87. The van der Waals surface area contributed by atoms with Crippen molar-refractivity contribution in [3.05, 3.63) is 40.4 Å². The molecule has 17 heavy (non-hydrogen) atoms. The zero-order chi connectivity index (χ0) is 12.3. The summed E-state index contributed by atoms with van der Waals surface area (Å²) in [5, 5.41) is 2.72. The van der Waals surface area contributed by atoms with Crippen molar-refractivity contribution in [2.24, 2.45) is 5.73 Å². The molecule has 1 aromatic heterocycles. The fourth-order valence-electron chi connectivity index (χ4n) is 1.49. The van der Waals surface area contributed by atoms with E-state index in [1.54, 1.807) is 23.1 Å². The largest absolute Gasteiger partial charge is 0.328 e. The maximum absolute atomic E-state index is 6.03. The Bertz CT molecular complexity index is 483. The summed E-state index contributed by atoms with van der Waals surface area (Å²) in [6.45, 7) is 2.01. The SMILES string of the molecule is CC(N)Cc1ccc(Cl)cc1Sc1nccs1. The van der Waals surface area contributed by atoms with Crippen LogP contribution >= 0.6 is 34.7 Å². The van der Waals surface area contributed by atoms with Crippen LogP contribution in [0.15, 0.2) is 39.0 Å². The Balaban J connectivity index is 2.26. The van der Waals surface area contributed by atoms with Gasteiger partial charge in [0.2, 0.25) is 0 Å². The van der Waals surface area contributed by atoms with E-state index < -0.39 is 0 Å². The van der Waals surface area contributed by atoms with Gasteiger partial charge in [-0.3, -0.25) is 0 Å². The van der Waals surface area contributed by atoms with Gasteiger partial charge in [0.1, 0.15) is 0 Å². The van der Waals surface area contributed by atoms with Gasteiger partial charge in [0.15, 0.2) is 4.34 Å². The first-order valence-corrected chi connectivity index (χ1v) is 7.34. The van der Waals surface area contributed by atoms with Crippen molar-refractivity contribution >= 4 is 34.7 Å². The van der Waals surface area contributed by atoms with Crippen LogP contribution in [0.5, 0.6) is 0 Å². The van der Waals surface area contributed by atoms with E-state index in [-0.39, 0.29) is 6.04 Å². The van der Waals surface area contributed by atoms with Gasteiger partial charge in [-0.2, -0.15) is 0 Å². The van der Waals surface area contributed by atoms with Crippen molar-refractivity contribution in [2.45, 2.75) is 28.6 Å². The lowest BCUT2D eigenvalue weighted by molar-refractivity contribution is 0.729.